The average Bonchev–Trinajstić information content (AvgIpc) is 2.86. The van der Waals surface area contributed by atoms with Crippen LogP contribution in [0.15, 0.2) is 0 Å². The highest BCUT2D eigenvalue weighted by atomic mass is 16.5. The number of nitrogens with one attached hydrogen (secondary N) is 1. The molecule has 2 aliphatic rings. The molecule has 2 rings (SSSR count). The van der Waals surface area contributed by atoms with Gasteiger partial charge in [-0.25, -0.2) is 0 Å². The summed E-state index contributed by atoms with van der Waals surface area (Å²) in [4.78, 5) is 26.2. The van der Waals surface area contributed by atoms with Crippen molar-refractivity contribution in [3.05, 3.63) is 0 Å². The van der Waals surface area contributed by atoms with Gasteiger partial charge in [-0.3, -0.25) is 9.59 Å². The molecule has 2 aliphatic heterocycles. The predicted molar refractivity (Wildman–Crippen MR) is 94.6 cm³/mol. The summed E-state index contributed by atoms with van der Waals surface area (Å²) in [7, 11) is 0. The largest absolute Gasteiger partial charge is 0.370 e. The van der Waals surface area contributed by atoms with Crippen molar-refractivity contribution in [2.75, 3.05) is 19.6 Å². The molecule has 5 heteroatoms. The molecule has 0 aromatic carbocycles. The maximum atomic E-state index is 12.2. The number of carbonyl (C=O) groups excluding carboxylic acids is 2. The minimum atomic E-state index is -0.363. The van der Waals surface area contributed by atoms with Crippen molar-refractivity contribution >= 4 is 11.8 Å². The van der Waals surface area contributed by atoms with E-state index in [1.54, 1.807) is 0 Å². The van der Waals surface area contributed by atoms with Gasteiger partial charge in [0.15, 0.2) is 0 Å². The van der Waals surface area contributed by atoms with Crippen LogP contribution in [0.5, 0.6) is 0 Å². The van der Waals surface area contributed by atoms with Crippen LogP contribution in [-0.2, 0) is 14.3 Å². The van der Waals surface area contributed by atoms with Crippen LogP contribution < -0.4 is 5.32 Å². The predicted octanol–water partition coefficient (Wildman–Crippen LogP) is 2.74. The maximum Gasteiger partial charge on any atom is 0.225 e. The van der Waals surface area contributed by atoms with Crippen LogP contribution in [0, 0.1) is 11.3 Å². The number of hydrogen-bond donors (Lipinski definition) is 1. The molecule has 2 amide bonds. The topological polar surface area (TPSA) is 58.6 Å². The van der Waals surface area contributed by atoms with Gasteiger partial charge in [0.05, 0.1) is 11.7 Å². The number of rotatable bonds is 4. The summed E-state index contributed by atoms with van der Waals surface area (Å²) < 4.78 is 6.31. The molecular formula is C19H34N2O3. The lowest BCUT2D eigenvalue weighted by Crippen LogP contribution is -2.47. The molecule has 1 N–H and O–H groups in total. The molecule has 2 saturated heterocycles. The summed E-state index contributed by atoms with van der Waals surface area (Å²) in [5.41, 5.74) is -0.440. The molecule has 0 aromatic heterocycles. The highest BCUT2D eigenvalue weighted by Crippen LogP contribution is 2.39. The zero-order chi connectivity index (χ0) is 18.0. The lowest BCUT2D eigenvalue weighted by atomic mass is 9.88. The van der Waals surface area contributed by atoms with Crippen molar-refractivity contribution in [2.24, 2.45) is 11.3 Å². The zero-order valence-corrected chi connectivity index (χ0v) is 16.0. The number of hydrogen-bond acceptors (Lipinski definition) is 3. The van der Waals surface area contributed by atoms with Crippen LogP contribution in [0.2, 0.25) is 0 Å². The van der Waals surface area contributed by atoms with Crippen molar-refractivity contribution < 1.29 is 14.3 Å². The third kappa shape index (κ3) is 4.95. The van der Waals surface area contributed by atoms with Gasteiger partial charge in [-0.05, 0) is 31.6 Å². The van der Waals surface area contributed by atoms with E-state index in [0.29, 0.717) is 18.9 Å². The van der Waals surface area contributed by atoms with Crippen LogP contribution >= 0.6 is 0 Å². The first kappa shape index (κ1) is 19.2. The molecule has 0 radical (unpaired) electrons. The second-order valence-electron chi connectivity index (χ2n) is 8.90. The summed E-state index contributed by atoms with van der Waals surface area (Å²) in [6, 6.07) is 0. The Morgan fingerprint density at radius 2 is 1.83 bits per heavy atom. The highest BCUT2D eigenvalue weighted by Gasteiger charge is 2.43. The van der Waals surface area contributed by atoms with Crippen LogP contribution in [0.3, 0.4) is 0 Å². The summed E-state index contributed by atoms with van der Waals surface area (Å²) in [6.07, 6.45) is 4.60. The molecule has 5 nitrogen and oxygen atoms in total. The number of piperidine rings is 1. The van der Waals surface area contributed by atoms with Crippen LogP contribution in [-0.4, -0.2) is 48.1 Å². The quantitative estimate of drug-likeness (QED) is 0.857. The van der Waals surface area contributed by atoms with Gasteiger partial charge in [0.1, 0.15) is 0 Å². The molecular weight excluding hydrogens is 304 g/mol. The van der Waals surface area contributed by atoms with Gasteiger partial charge >= 0.3 is 0 Å². The van der Waals surface area contributed by atoms with E-state index in [-0.39, 0.29) is 28.9 Å². The Kier molecular flexibility index (Phi) is 5.95. The molecule has 2 fully saturated rings. The first-order valence-corrected chi connectivity index (χ1v) is 9.35. The van der Waals surface area contributed by atoms with Crippen LogP contribution in [0.25, 0.3) is 0 Å². The summed E-state index contributed by atoms with van der Waals surface area (Å²) in [6.45, 7) is 12.1. The Bertz CT molecular complexity index is 460. The second kappa shape index (κ2) is 7.42. The van der Waals surface area contributed by atoms with Crippen molar-refractivity contribution in [1.82, 2.24) is 10.2 Å². The van der Waals surface area contributed by atoms with Gasteiger partial charge in [-0.1, -0.05) is 34.6 Å². The lowest BCUT2D eigenvalue weighted by Gasteiger charge is -2.39. The smallest absolute Gasteiger partial charge is 0.225 e. The maximum absolute atomic E-state index is 12.2. The molecule has 24 heavy (non-hydrogen) atoms. The van der Waals surface area contributed by atoms with E-state index >= 15 is 0 Å². The molecule has 0 saturated carbocycles. The van der Waals surface area contributed by atoms with E-state index in [0.717, 1.165) is 38.8 Å². The lowest BCUT2D eigenvalue weighted by molar-refractivity contribution is -0.139. The van der Waals surface area contributed by atoms with Gasteiger partial charge in [0.2, 0.25) is 11.8 Å². The Morgan fingerprint density at radius 3 is 2.38 bits per heavy atom. The monoisotopic (exact) mass is 338 g/mol. The SMILES string of the molecule is CC(C)CC(=O)N1CCC2(CC[C@H](CNC(=O)C(C)(C)C)O2)CC1. The third-order valence-corrected chi connectivity index (χ3v) is 5.12. The normalized spacial score (nSPS) is 23.8. The van der Waals surface area contributed by atoms with E-state index in [4.69, 9.17) is 4.74 Å². The Balaban J connectivity index is 1.77. The molecule has 0 bridgehead atoms. The van der Waals surface area contributed by atoms with Crippen LogP contribution in [0.1, 0.15) is 66.7 Å². The molecule has 0 unspecified atom stereocenters. The Hall–Kier alpha value is -1.10. The van der Waals surface area contributed by atoms with E-state index in [9.17, 15) is 9.59 Å². The van der Waals surface area contributed by atoms with Gasteiger partial charge in [0.25, 0.3) is 0 Å². The molecule has 1 atom stereocenters. The van der Waals surface area contributed by atoms with Crippen molar-refractivity contribution in [1.29, 1.82) is 0 Å². The van der Waals surface area contributed by atoms with E-state index < -0.39 is 0 Å². The van der Waals surface area contributed by atoms with E-state index in [1.807, 2.05) is 25.7 Å². The highest BCUT2D eigenvalue weighted by molar-refractivity contribution is 5.81. The first-order valence-electron chi connectivity index (χ1n) is 9.35. The number of nitrogens with zero attached hydrogens (tertiary/aromatic N) is 1. The fraction of sp³-hybridized carbons (Fsp3) is 0.895. The number of ether oxygens (including phenoxy) is 1. The molecule has 0 aliphatic carbocycles. The average molecular weight is 338 g/mol. The zero-order valence-electron chi connectivity index (χ0n) is 16.0. The van der Waals surface area contributed by atoms with Gasteiger partial charge in [0, 0.05) is 31.5 Å². The Morgan fingerprint density at radius 1 is 1.21 bits per heavy atom. The van der Waals surface area contributed by atoms with Crippen molar-refractivity contribution in [3.63, 3.8) is 0 Å². The van der Waals surface area contributed by atoms with Crippen molar-refractivity contribution in [2.45, 2.75) is 78.4 Å². The second-order valence-corrected chi connectivity index (χ2v) is 8.90. The number of carbonyl (C=O) groups is 2. The number of amides is 2. The standard InChI is InChI=1S/C19H34N2O3/c1-14(2)12-16(22)21-10-8-19(9-11-21)7-6-15(24-19)13-20-17(23)18(3,4)5/h14-15H,6-13H2,1-5H3,(H,20,23)/t15-/m1/s1. The Labute approximate surface area is 146 Å². The minimum Gasteiger partial charge on any atom is -0.370 e. The van der Waals surface area contributed by atoms with Gasteiger partial charge in [-0.15, -0.1) is 0 Å². The molecule has 0 aromatic rings. The van der Waals surface area contributed by atoms with Crippen LogP contribution in [0.4, 0.5) is 0 Å². The fourth-order valence-electron chi connectivity index (χ4n) is 3.52. The van der Waals surface area contributed by atoms with E-state index in [1.165, 1.54) is 0 Å². The third-order valence-electron chi connectivity index (χ3n) is 5.12. The van der Waals surface area contributed by atoms with Crippen molar-refractivity contribution in [3.8, 4) is 0 Å². The minimum absolute atomic E-state index is 0.0705. The number of likely N-dealkylation sites (tertiary alicyclic amines) is 1. The van der Waals surface area contributed by atoms with Gasteiger partial charge in [-0.2, -0.15) is 0 Å². The first-order chi connectivity index (χ1) is 11.1. The van der Waals surface area contributed by atoms with E-state index in [2.05, 4.69) is 19.2 Å². The molecule has 138 valence electrons. The fourth-order valence-corrected chi connectivity index (χ4v) is 3.52. The summed E-state index contributed by atoms with van der Waals surface area (Å²) >= 11 is 0. The van der Waals surface area contributed by atoms with Gasteiger partial charge < -0.3 is 15.0 Å². The summed E-state index contributed by atoms with van der Waals surface area (Å²) in [5, 5.41) is 3.01. The molecule has 2 heterocycles. The summed E-state index contributed by atoms with van der Waals surface area (Å²) in [5.74, 6) is 0.750. The molecule has 1 spiro atoms.